The minimum atomic E-state index is -3.98. The van der Waals surface area contributed by atoms with Gasteiger partial charge in [-0.2, -0.15) is 0 Å². The summed E-state index contributed by atoms with van der Waals surface area (Å²) >= 11 is 5.32. The van der Waals surface area contributed by atoms with E-state index in [2.05, 4.69) is 4.72 Å². The van der Waals surface area contributed by atoms with E-state index in [1.165, 1.54) is 24.3 Å². The lowest BCUT2D eigenvalue weighted by Gasteiger charge is -2.10. The van der Waals surface area contributed by atoms with Crippen LogP contribution in [0.25, 0.3) is 0 Å². The van der Waals surface area contributed by atoms with Crippen LogP contribution in [0.4, 0.5) is 5.69 Å². The number of hydrogen-bond donors (Lipinski definition) is 2. The van der Waals surface area contributed by atoms with Crippen molar-refractivity contribution < 1.29 is 16.8 Å². The fourth-order valence-corrected chi connectivity index (χ4v) is 3.31. The maximum atomic E-state index is 11.4. The number of benzene rings is 1. The Hall–Kier alpha value is -0.830. The van der Waals surface area contributed by atoms with E-state index in [1.54, 1.807) is 0 Å². The van der Waals surface area contributed by atoms with Crippen molar-refractivity contribution in [2.75, 3.05) is 16.4 Å². The van der Waals surface area contributed by atoms with Crippen LogP contribution in [0.1, 0.15) is 0 Å². The molecule has 0 saturated heterocycles. The van der Waals surface area contributed by atoms with Gasteiger partial charge in [-0.25, -0.2) is 22.0 Å². The molecule has 0 aliphatic carbocycles. The van der Waals surface area contributed by atoms with Crippen LogP contribution in [0, 0.1) is 0 Å². The van der Waals surface area contributed by atoms with E-state index in [-0.39, 0.29) is 22.2 Å². The lowest BCUT2D eigenvalue weighted by molar-refractivity contribution is 0.598. The third-order valence-corrected chi connectivity index (χ3v) is 4.46. The average molecular weight is 299 g/mol. The average Bonchev–Trinajstić information content (AvgIpc) is 2.15. The van der Waals surface area contributed by atoms with Crippen LogP contribution in [0.2, 0.25) is 0 Å². The smallest absolute Gasteiger partial charge is 0.240 e. The van der Waals surface area contributed by atoms with Crippen LogP contribution in [-0.4, -0.2) is 28.5 Å². The van der Waals surface area contributed by atoms with Gasteiger partial charge in [-0.1, -0.05) is 12.1 Å². The molecule has 0 atom stereocenters. The Morgan fingerprint density at radius 2 is 1.76 bits per heavy atom. The lowest BCUT2D eigenvalue weighted by Crippen LogP contribution is -2.21. The second-order valence-electron chi connectivity index (χ2n) is 3.15. The molecule has 3 N–H and O–H groups in total. The largest absolute Gasteiger partial charge is 0.282 e. The topological polar surface area (TPSA) is 106 Å². The van der Waals surface area contributed by atoms with E-state index in [1.807, 2.05) is 0 Å². The number of primary sulfonamides is 1. The second-order valence-corrected chi connectivity index (χ2v) is 6.90. The number of nitrogens with one attached hydrogen (secondary N) is 1. The first-order valence-corrected chi connectivity index (χ1v) is 8.18. The van der Waals surface area contributed by atoms with Crippen LogP contribution in [0.3, 0.4) is 0 Å². The third-order valence-electron chi connectivity index (χ3n) is 1.80. The van der Waals surface area contributed by atoms with Gasteiger partial charge in [0.1, 0.15) is 4.90 Å². The predicted molar refractivity (Wildman–Crippen MR) is 65.9 cm³/mol. The number of sulfonamides is 2. The van der Waals surface area contributed by atoms with Crippen molar-refractivity contribution in [3.63, 3.8) is 0 Å². The maximum absolute atomic E-state index is 11.4. The highest BCUT2D eigenvalue weighted by Crippen LogP contribution is 2.20. The van der Waals surface area contributed by atoms with Gasteiger partial charge >= 0.3 is 0 Å². The second kappa shape index (κ2) is 5.21. The van der Waals surface area contributed by atoms with Gasteiger partial charge in [0.25, 0.3) is 0 Å². The van der Waals surface area contributed by atoms with Crippen molar-refractivity contribution in [1.82, 2.24) is 0 Å². The van der Waals surface area contributed by atoms with E-state index in [0.717, 1.165) is 0 Å². The van der Waals surface area contributed by atoms with Crippen LogP contribution in [0.15, 0.2) is 29.2 Å². The molecule has 0 radical (unpaired) electrons. The molecule has 1 rings (SSSR count). The van der Waals surface area contributed by atoms with Crippen molar-refractivity contribution in [2.45, 2.75) is 4.90 Å². The Morgan fingerprint density at radius 3 is 2.29 bits per heavy atom. The summed E-state index contributed by atoms with van der Waals surface area (Å²) in [6.07, 6.45) is 0. The van der Waals surface area contributed by atoms with Gasteiger partial charge < -0.3 is 0 Å². The van der Waals surface area contributed by atoms with E-state index < -0.39 is 20.0 Å². The maximum Gasteiger partial charge on any atom is 0.240 e. The SMILES string of the molecule is NS(=O)(=O)c1ccccc1NS(=O)(=O)CCCl. The van der Waals surface area contributed by atoms with Crippen molar-refractivity contribution in [1.29, 1.82) is 0 Å². The number of anilines is 1. The monoisotopic (exact) mass is 298 g/mol. The zero-order valence-electron chi connectivity index (χ0n) is 8.63. The summed E-state index contributed by atoms with van der Waals surface area (Å²) in [5.74, 6) is -0.402. The molecule has 0 spiro atoms. The Bertz CT molecular complexity index is 598. The molecule has 0 heterocycles. The lowest BCUT2D eigenvalue weighted by atomic mass is 10.3. The van der Waals surface area contributed by atoms with E-state index in [0.29, 0.717) is 0 Å². The van der Waals surface area contributed by atoms with E-state index in [9.17, 15) is 16.8 Å². The molecule has 0 bridgehead atoms. The number of hydrogen-bond acceptors (Lipinski definition) is 4. The molecule has 0 fully saturated rings. The summed E-state index contributed by atoms with van der Waals surface area (Å²) in [7, 11) is -7.65. The van der Waals surface area contributed by atoms with Crippen molar-refractivity contribution in [2.24, 2.45) is 5.14 Å². The molecular weight excluding hydrogens is 288 g/mol. The minimum absolute atomic E-state index is 0.0832. The van der Waals surface area contributed by atoms with Gasteiger partial charge in [0.2, 0.25) is 20.0 Å². The molecule has 1 aromatic carbocycles. The summed E-state index contributed by atoms with van der Waals surface area (Å²) < 4.78 is 47.4. The highest BCUT2D eigenvalue weighted by molar-refractivity contribution is 7.93. The molecule has 0 unspecified atom stereocenters. The molecule has 0 amide bonds. The van der Waals surface area contributed by atoms with Crippen LogP contribution >= 0.6 is 11.6 Å². The summed E-state index contributed by atoms with van der Waals surface area (Å²) in [5, 5.41) is 4.96. The fraction of sp³-hybridized carbons (Fsp3) is 0.250. The summed E-state index contributed by atoms with van der Waals surface area (Å²) in [6.45, 7) is 0. The fourth-order valence-electron chi connectivity index (χ4n) is 1.12. The zero-order valence-corrected chi connectivity index (χ0v) is 11.0. The highest BCUT2D eigenvalue weighted by atomic mass is 35.5. The van der Waals surface area contributed by atoms with Crippen molar-refractivity contribution >= 4 is 37.3 Å². The molecule has 1 aromatic rings. The molecule has 6 nitrogen and oxygen atoms in total. The minimum Gasteiger partial charge on any atom is -0.282 e. The van der Waals surface area contributed by atoms with Gasteiger partial charge in [0.05, 0.1) is 11.4 Å². The number of rotatable bonds is 5. The summed E-state index contributed by atoms with van der Waals surface area (Å²) in [6, 6.07) is 5.46. The Kier molecular flexibility index (Phi) is 4.36. The van der Waals surface area contributed by atoms with Gasteiger partial charge in [0.15, 0.2) is 0 Å². The van der Waals surface area contributed by atoms with Crippen LogP contribution in [0.5, 0.6) is 0 Å². The Balaban J connectivity index is 3.17. The normalized spacial score (nSPS) is 12.4. The third kappa shape index (κ3) is 4.15. The standard InChI is InChI=1S/C8H11ClN2O4S2/c9-5-6-16(12,13)11-7-3-1-2-4-8(7)17(10,14)15/h1-4,11H,5-6H2,(H2,10,14,15). The van der Waals surface area contributed by atoms with Gasteiger partial charge in [-0.05, 0) is 12.1 Å². The van der Waals surface area contributed by atoms with Gasteiger partial charge in [-0.15, -0.1) is 11.6 Å². The van der Waals surface area contributed by atoms with Gasteiger partial charge in [-0.3, -0.25) is 4.72 Å². The van der Waals surface area contributed by atoms with Crippen molar-refractivity contribution in [3.8, 4) is 0 Å². The number of nitrogens with two attached hydrogens (primary N) is 1. The van der Waals surface area contributed by atoms with E-state index >= 15 is 0 Å². The Morgan fingerprint density at radius 1 is 1.18 bits per heavy atom. The molecule has 9 heteroatoms. The first-order valence-electron chi connectivity index (χ1n) is 4.44. The van der Waals surface area contributed by atoms with Gasteiger partial charge in [0, 0.05) is 5.88 Å². The molecule has 96 valence electrons. The first kappa shape index (κ1) is 14.2. The van der Waals surface area contributed by atoms with Crippen LogP contribution in [-0.2, 0) is 20.0 Å². The molecule has 0 aliphatic heterocycles. The molecule has 17 heavy (non-hydrogen) atoms. The number of halogens is 1. The highest BCUT2D eigenvalue weighted by Gasteiger charge is 2.17. The molecule has 0 aliphatic rings. The quantitative estimate of drug-likeness (QED) is 0.763. The Labute approximate surface area is 105 Å². The van der Waals surface area contributed by atoms with E-state index in [4.69, 9.17) is 16.7 Å². The molecule has 0 saturated carbocycles. The predicted octanol–water partition coefficient (Wildman–Crippen LogP) is 0.315. The summed E-state index contributed by atoms with van der Waals surface area (Å²) in [5.41, 5.74) is -0.0832. The number of alkyl halides is 1. The first-order chi connectivity index (χ1) is 7.76. The molecule has 0 aromatic heterocycles. The molecular formula is C8H11ClN2O4S2. The summed E-state index contributed by atoms with van der Waals surface area (Å²) in [4.78, 5) is -0.279. The van der Waals surface area contributed by atoms with Crippen LogP contribution < -0.4 is 9.86 Å². The van der Waals surface area contributed by atoms with Crippen molar-refractivity contribution in [3.05, 3.63) is 24.3 Å². The zero-order chi connectivity index (χ0) is 13.1. The number of para-hydroxylation sites is 1.